The molecule has 22 heavy (non-hydrogen) atoms. The highest BCUT2D eigenvalue weighted by molar-refractivity contribution is 7.88. The fraction of sp³-hybridized carbons (Fsp3) is 0.308. The van der Waals surface area contributed by atoms with Gasteiger partial charge in [0.15, 0.2) is 0 Å². The molecule has 1 amide bonds. The van der Waals surface area contributed by atoms with Crippen LogP contribution in [-0.4, -0.2) is 48.6 Å². The second-order valence-electron chi connectivity index (χ2n) is 4.75. The molecule has 1 N–H and O–H groups in total. The van der Waals surface area contributed by atoms with E-state index in [0.29, 0.717) is 23.0 Å². The monoisotopic (exact) mass is 324 g/mol. The molecule has 2 rings (SSSR count). The number of sulfonamides is 1. The summed E-state index contributed by atoms with van der Waals surface area (Å²) in [5, 5.41) is 6.47. The van der Waals surface area contributed by atoms with E-state index in [1.165, 1.54) is 7.05 Å². The topological polar surface area (TPSA) is 105 Å². The van der Waals surface area contributed by atoms with Gasteiger partial charge in [-0.25, -0.2) is 8.42 Å². The summed E-state index contributed by atoms with van der Waals surface area (Å²) in [6.45, 7) is 1.39. The van der Waals surface area contributed by atoms with Crippen LogP contribution in [0, 0.1) is 6.92 Å². The molecule has 0 saturated carbocycles. The molecule has 8 nitrogen and oxygen atoms in total. The van der Waals surface area contributed by atoms with Gasteiger partial charge in [-0.05, 0) is 12.1 Å². The Morgan fingerprint density at radius 3 is 2.64 bits per heavy atom. The lowest BCUT2D eigenvalue weighted by atomic mass is 10.1. The number of aryl methyl sites for hydroxylation is 1. The van der Waals surface area contributed by atoms with Crippen LogP contribution in [0.2, 0.25) is 0 Å². The summed E-state index contributed by atoms with van der Waals surface area (Å²) < 4.78 is 28.5. The molecular formula is C13H16N4O4S. The summed E-state index contributed by atoms with van der Waals surface area (Å²) in [5.41, 5.74) is 1.07. The lowest BCUT2D eigenvalue weighted by Gasteiger charge is -2.14. The van der Waals surface area contributed by atoms with Gasteiger partial charge in [0, 0.05) is 19.5 Å². The normalized spacial score (nSPS) is 11.6. The first-order valence-electron chi connectivity index (χ1n) is 6.38. The van der Waals surface area contributed by atoms with E-state index >= 15 is 0 Å². The highest BCUT2D eigenvalue weighted by atomic mass is 32.2. The van der Waals surface area contributed by atoms with Crippen molar-refractivity contribution >= 4 is 21.6 Å². The number of benzene rings is 1. The predicted octanol–water partition coefficient (Wildman–Crippen LogP) is 0.875. The average molecular weight is 324 g/mol. The molecule has 1 heterocycles. The molecule has 0 bridgehead atoms. The summed E-state index contributed by atoms with van der Waals surface area (Å²) in [6.07, 6.45) is 1.04. The summed E-state index contributed by atoms with van der Waals surface area (Å²) in [4.78, 5) is 16.1. The number of rotatable bonds is 5. The van der Waals surface area contributed by atoms with Crippen molar-refractivity contribution in [3.63, 3.8) is 0 Å². The predicted molar refractivity (Wildman–Crippen MR) is 80.6 cm³/mol. The molecule has 1 aromatic heterocycles. The van der Waals surface area contributed by atoms with Crippen LogP contribution in [0.4, 0.5) is 5.69 Å². The smallest absolute Gasteiger partial charge is 0.239 e. The summed E-state index contributed by atoms with van der Waals surface area (Å²) in [6, 6.07) is 6.94. The number of likely N-dealkylation sites (N-methyl/N-ethyl adjacent to an activating group) is 1. The van der Waals surface area contributed by atoms with Crippen LogP contribution in [0.15, 0.2) is 28.8 Å². The average Bonchev–Trinajstić information content (AvgIpc) is 2.84. The molecule has 0 aliphatic carbocycles. The summed E-state index contributed by atoms with van der Waals surface area (Å²) in [7, 11) is -2.08. The van der Waals surface area contributed by atoms with Gasteiger partial charge in [-0.1, -0.05) is 17.3 Å². The van der Waals surface area contributed by atoms with Crippen molar-refractivity contribution in [1.29, 1.82) is 0 Å². The molecule has 9 heteroatoms. The van der Waals surface area contributed by atoms with Gasteiger partial charge in [0.1, 0.15) is 0 Å². The Balaban J connectivity index is 2.19. The van der Waals surface area contributed by atoms with Crippen LogP contribution < -0.4 is 5.32 Å². The first kappa shape index (κ1) is 16.1. The van der Waals surface area contributed by atoms with Gasteiger partial charge in [0.25, 0.3) is 0 Å². The largest absolute Gasteiger partial charge is 0.339 e. The molecule has 0 spiro atoms. The Bertz CT molecular complexity index is 785. The molecule has 0 aliphatic rings. The first-order valence-corrected chi connectivity index (χ1v) is 8.23. The zero-order valence-corrected chi connectivity index (χ0v) is 13.2. The molecule has 0 aliphatic heterocycles. The molecule has 0 radical (unpaired) electrons. The minimum Gasteiger partial charge on any atom is -0.339 e. The van der Waals surface area contributed by atoms with E-state index < -0.39 is 15.9 Å². The SMILES string of the molecule is Cc1nc(-c2ccccc2NC(=O)CN(C)S(C)(=O)=O)no1. The fourth-order valence-corrected chi connectivity index (χ4v) is 2.06. The second-order valence-corrected chi connectivity index (χ2v) is 6.84. The van der Waals surface area contributed by atoms with Gasteiger partial charge < -0.3 is 9.84 Å². The Hall–Kier alpha value is -2.26. The van der Waals surface area contributed by atoms with Crippen molar-refractivity contribution in [3.05, 3.63) is 30.2 Å². The minimum atomic E-state index is -3.42. The molecule has 0 atom stereocenters. The van der Waals surface area contributed by atoms with Gasteiger partial charge in [0.05, 0.1) is 18.5 Å². The zero-order valence-electron chi connectivity index (χ0n) is 12.4. The highest BCUT2D eigenvalue weighted by Gasteiger charge is 2.17. The van der Waals surface area contributed by atoms with Crippen LogP contribution >= 0.6 is 0 Å². The first-order chi connectivity index (χ1) is 10.3. The van der Waals surface area contributed by atoms with Gasteiger partial charge in [-0.15, -0.1) is 0 Å². The van der Waals surface area contributed by atoms with Crippen LogP contribution in [0.3, 0.4) is 0 Å². The van der Waals surface area contributed by atoms with Crippen molar-refractivity contribution in [2.24, 2.45) is 0 Å². The third-order valence-electron chi connectivity index (χ3n) is 2.90. The van der Waals surface area contributed by atoms with E-state index in [9.17, 15) is 13.2 Å². The number of hydrogen-bond acceptors (Lipinski definition) is 6. The molecule has 0 unspecified atom stereocenters. The number of carbonyl (C=O) groups excluding carboxylic acids is 1. The van der Waals surface area contributed by atoms with E-state index in [4.69, 9.17) is 4.52 Å². The van der Waals surface area contributed by atoms with E-state index in [0.717, 1.165) is 10.6 Å². The number of carbonyl (C=O) groups is 1. The Morgan fingerprint density at radius 1 is 1.36 bits per heavy atom. The van der Waals surface area contributed by atoms with Crippen LogP contribution in [0.25, 0.3) is 11.4 Å². The van der Waals surface area contributed by atoms with Crippen LogP contribution in [-0.2, 0) is 14.8 Å². The number of nitrogens with zero attached hydrogens (tertiary/aromatic N) is 3. The van der Waals surface area contributed by atoms with E-state index in [2.05, 4.69) is 15.5 Å². The van der Waals surface area contributed by atoms with Crippen molar-refractivity contribution < 1.29 is 17.7 Å². The Labute approximate surface area is 128 Å². The second kappa shape index (κ2) is 6.24. The zero-order chi connectivity index (χ0) is 16.3. The number of nitrogens with one attached hydrogen (secondary N) is 1. The molecular weight excluding hydrogens is 308 g/mol. The maximum atomic E-state index is 12.0. The number of para-hydroxylation sites is 1. The number of amides is 1. The highest BCUT2D eigenvalue weighted by Crippen LogP contribution is 2.25. The molecule has 118 valence electrons. The van der Waals surface area contributed by atoms with Crippen molar-refractivity contribution in [3.8, 4) is 11.4 Å². The number of hydrogen-bond donors (Lipinski definition) is 1. The molecule has 0 fully saturated rings. The summed E-state index contributed by atoms with van der Waals surface area (Å²) in [5.74, 6) is 0.304. The molecule has 2 aromatic rings. The third kappa shape index (κ3) is 3.89. The van der Waals surface area contributed by atoms with Crippen LogP contribution in [0.5, 0.6) is 0 Å². The maximum absolute atomic E-state index is 12.0. The van der Waals surface area contributed by atoms with E-state index in [1.54, 1.807) is 31.2 Å². The van der Waals surface area contributed by atoms with Crippen molar-refractivity contribution in [2.45, 2.75) is 6.92 Å². The van der Waals surface area contributed by atoms with E-state index in [1.807, 2.05) is 0 Å². The Kier molecular flexibility index (Phi) is 4.57. The van der Waals surface area contributed by atoms with Gasteiger partial charge in [0.2, 0.25) is 27.6 Å². The maximum Gasteiger partial charge on any atom is 0.239 e. The van der Waals surface area contributed by atoms with Gasteiger partial charge in [-0.2, -0.15) is 9.29 Å². The summed E-state index contributed by atoms with van der Waals surface area (Å²) >= 11 is 0. The van der Waals surface area contributed by atoms with Gasteiger partial charge in [-0.3, -0.25) is 4.79 Å². The third-order valence-corrected chi connectivity index (χ3v) is 4.16. The quantitative estimate of drug-likeness (QED) is 0.875. The lowest BCUT2D eigenvalue weighted by molar-refractivity contribution is -0.116. The minimum absolute atomic E-state index is 0.279. The fourth-order valence-electron chi connectivity index (χ4n) is 1.70. The lowest BCUT2D eigenvalue weighted by Crippen LogP contribution is -2.34. The van der Waals surface area contributed by atoms with Crippen molar-refractivity contribution in [2.75, 3.05) is 25.2 Å². The standard InChI is InChI=1S/C13H16N4O4S/c1-9-14-13(16-21-9)10-6-4-5-7-11(10)15-12(18)8-17(2)22(3,19)20/h4-7H,8H2,1-3H3,(H,15,18). The van der Waals surface area contributed by atoms with Gasteiger partial charge >= 0.3 is 0 Å². The van der Waals surface area contributed by atoms with E-state index in [-0.39, 0.29) is 6.54 Å². The number of aromatic nitrogens is 2. The van der Waals surface area contributed by atoms with Crippen LogP contribution in [0.1, 0.15) is 5.89 Å². The molecule has 1 aromatic carbocycles. The Morgan fingerprint density at radius 2 is 2.05 bits per heavy atom. The van der Waals surface area contributed by atoms with Crippen molar-refractivity contribution in [1.82, 2.24) is 14.4 Å². The molecule has 0 saturated heterocycles. The number of anilines is 1.